The summed E-state index contributed by atoms with van der Waals surface area (Å²) in [7, 11) is 0. The number of benzene rings is 1. The highest BCUT2D eigenvalue weighted by atomic mass is 32.2. The van der Waals surface area contributed by atoms with Crippen LogP contribution in [-0.4, -0.2) is 39.2 Å². The molecule has 0 fully saturated rings. The van der Waals surface area contributed by atoms with Gasteiger partial charge < -0.3 is 4.74 Å². The van der Waals surface area contributed by atoms with E-state index in [1.54, 1.807) is 0 Å². The van der Waals surface area contributed by atoms with Gasteiger partial charge in [-0.15, -0.1) is 0 Å². The van der Waals surface area contributed by atoms with Crippen LogP contribution in [0.25, 0.3) is 0 Å². The van der Waals surface area contributed by atoms with E-state index in [-0.39, 0.29) is 16.9 Å². The molecule has 1 aromatic heterocycles. The molecule has 0 radical (unpaired) electrons. The molecular formula is C15H17N5O4S. The van der Waals surface area contributed by atoms with Crippen molar-refractivity contribution >= 4 is 23.9 Å². The molecule has 132 valence electrons. The first-order chi connectivity index (χ1) is 11.9. The molecule has 0 bridgehead atoms. The molecule has 1 aromatic carbocycles. The summed E-state index contributed by atoms with van der Waals surface area (Å²) >= 11 is 0.890. The second-order valence-corrected chi connectivity index (χ2v) is 6.09. The quantitative estimate of drug-likeness (QED) is 0.373. The Labute approximate surface area is 146 Å². The minimum absolute atomic E-state index is 0.000490. The lowest BCUT2D eigenvalue weighted by atomic mass is 10.2. The minimum Gasteiger partial charge on any atom is -0.491 e. The van der Waals surface area contributed by atoms with Crippen molar-refractivity contribution < 1.29 is 9.53 Å². The van der Waals surface area contributed by atoms with Crippen molar-refractivity contribution in [2.75, 3.05) is 5.75 Å². The predicted molar refractivity (Wildman–Crippen MR) is 94.1 cm³/mol. The molecule has 0 saturated heterocycles. The van der Waals surface area contributed by atoms with E-state index < -0.39 is 17.2 Å². The van der Waals surface area contributed by atoms with E-state index in [2.05, 4.69) is 20.7 Å². The lowest BCUT2D eigenvalue weighted by molar-refractivity contribution is -0.118. The third-order valence-electron chi connectivity index (χ3n) is 2.68. The van der Waals surface area contributed by atoms with E-state index in [0.717, 1.165) is 23.1 Å². The highest BCUT2D eigenvalue weighted by Gasteiger charge is 2.07. The SMILES string of the molecule is CC(C)Oc1ccc(/C=N/NC(=O)CSc2n[nH]c(=O)[nH]c2=O)cc1. The van der Waals surface area contributed by atoms with Gasteiger partial charge in [-0.2, -0.15) is 10.2 Å². The number of nitrogens with zero attached hydrogens (tertiary/aromatic N) is 2. The molecule has 0 aliphatic rings. The smallest absolute Gasteiger partial charge is 0.342 e. The molecular weight excluding hydrogens is 346 g/mol. The van der Waals surface area contributed by atoms with Gasteiger partial charge in [-0.1, -0.05) is 11.8 Å². The fraction of sp³-hybridized carbons (Fsp3) is 0.267. The number of H-pyrrole nitrogens is 2. The normalized spacial score (nSPS) is 11.0. The molecule has 0 saturated carbocycles. The maximum Gasteiger partial charge on any atom is 0.342 e. The fourth-order valence-corrected chi connectivity index (χ4v) is 2.31. The van der Waals surface area contributed by atoms with Crippen LogP contribution in [0.1, 0.15) is 19.4 Å². The molecule has 1 amide bonds. The molecule has 3 N–H and O–H groups in total. The molecule has 10 heteroatoms. The van der Waals surface area contributed by atoms with Crippen LogP contribution in [0, 0.1) is 0 Å². The number of aromatic amines is 2. The van der Waals surface area contributed by atoms with Gasteiger partial charge in [-0.25, -0.2) is 15.3 Å². The Balaban J connectivity index is 1.81. The lowest BCUT2D eigenvalue weighted by Crippen LogP contribution is -2.26. The van der Waals surface area contributed by atoms with Crippen LogP contribution in [0.15, 0.2) is 44.0 Å². The third-order valence-corrected chi connectivity index (χ3v) is 3.63. The van der Waals surface area contributed by atoms with Crippen LogP contribution >= 0.6 is 11.8 Å². The van der Waals surface area contributed by atoms with Crippen molar-refractivity contribution in [1.29, 1.82) is 0 Å². The Hall–Kier alpha value is -2.88. The van der Waals surface area contributed by atoms with Crippen LogP contribution in [0.4, 0.5) is 0 Å². The number of hydrazone groups is 1. The maximum atomic E-state index is 11.7. The topological polar surface area (TPSA) is 129 Å². The molecule has 0 aliphatic heterocycles. The number of nitrogens with one attached hydrogen (secondary N) is 3. The summed E-state index contributed by atoms with van der Waals surface area (Å²) in [6, 6.07) is 7.25. The van der Waals surface area contributed by atoms with Gasteiger partial charge in [-0.3, -0.25) is 14.6 Å². The maximum absolute atomic E-state index is 11.7. The van der Waals surface area contributed by atoms with E-state index >= 15 is 0 Å². The molecule has 2 rings (SSSR count). The second kappa shape index (κ2) is 8.83. The number of carbonyl (C=O) groups is 1. The van der Waals surface area contributed by atoms with Gasteiger partial charge in [0.15, 0.2) is 5.03 Å². The lowest BCUT2D eigenvalue weighted by Gasteiger charge is -2.09. The van der Waals surface area contributed by atoms with Gasteiger partial charge in [0, 0.05) is 0 Å². The molecule has 0 aliphatic carbocycles. The number of carbonyl (C=O) groups excluding carboxylic acids is 1. The molecule has 2 aromatic rings. The molecule has 1 heterocycles. The molecule has 25 heavy (non-hydrogen) atoms. The zero-order chi connectivity index (χ0) is 18.2. The summed E-state index contributed by atoms with van der Waals surface area (Å²) in [6.07, 6.45) is 1.59. The molecule has 0 spiro atoms. The standard InChI is InChI=1S/C15H17N5O4S/c1-9(2)24-11-5-3-10(4-6-11)7-16-18-12(21)8-25-14-13(22)17-15(23)20-19-14/h3-7,9H,8H2,1-2H3,(H,18,21)(H2,17,20,22,23)/b16-7+. The summed E-state index contributed by atoms with van der Waals surface area (Å²) in [6.45, 7) is 3.89. The van der Waals surface area contributed by atoms with Gasteiger partial charge in [0.1, 0.15) is 5.75 Å². The van der Waals surface area contributed by atoms with Crippen molar-refractivity contribution in [2.45, 2.75) is 25.0 Å². The first kappa shape index (κ1) is 18.5. The van der Waals surface area contributed by atoms with Crippen molar-refractivity contribution in [1.82, 2.24) is 20.6 Å². The fourth-order valence-electron chi connectivity index (χ4n) is 1.68. The van der Waals surface area contributed by atoms with Gasteiger partial charge in [0.05, 0.1) is 18.1 Å². The summed E-state index contributed by atoms with van der Waals surface area (Å²) in [4.78, 5) is 36.0. The largest absolute Gasteiger partial charge is 0.491 e. The Morgan fingerprint density at radius 1 is 1.36 bits per heavy atom. The van der Waals surface area contributed by atoms with Gasteiger partial charge in [-0.05, 0) is 43.7 Å². The van der Waals surface area contributed by atoms with Gasteiger partial charge in [0.25, 0.3) is 5.56 Å². The number of amides is 1. The summed E-state index contributed by atoms with van der Waals surface area (Å²) in [5, 5.41) is 9.49. The monoisotopic (exact) mass is 363 g/mol. The van der Waals surface area contributed by atoms with Crippen LogP contribution in [-0.2, 0) is 4.79 Å². The van der Waals surface area contributed by atoms with E-state index in [0.29, 0.717) is 0 Å². The first-order valence-electron chi connectivity index (χ1n) is 7.34. The second-order valence-electron chi connectivity index (χ2n) is 5.13. The molecule has 0 atom stereocenters. The van der Waals surface area contributed by atoms with Gasteiger partial charge in [0.2, 0.25) is 5.91 Å². The van der Waals surface area contributed by atoms with Crippen LogP contribution < -0.4 is 21.4 Å². The van der Waals surface area contributed by atoms with Crippen molar-refractivity contribution in [3.63, 3.8) is 0 Å². The zero-order valence-corrected chi connectivity index (χ0v) is 14.4. The Morgan fingerprint density at radius 2 is 2.08 bits per heavy atom. The Bertz CT molecular complexity index is 857. The average Bonchev–Trinajstić information content (AvgIpc) is 2.55. The van der Waals surface area contributed by atoms with E-state index in [4.69, 9.17) is 4.74 Å². The number of ether oxygens (including phenoxy) is 1. The predicted octanol–water partition coefficient (Wildman–Crippen LogP) is 0.488. The molecule has 9 nitrogen and oxygen atoms in total. The highest BCUT2D eigenvalue weighted by molar-refractivity contribution is 7.99. The average molecular weight is 363 g/mol. The summed E-state index contributed by atoms with van der Waals surface area (Å²) in [5.74, 6) is 0.278. The number of aromatic nitrogens is 3. The molecule has 0 unspecified atom stereocenters. The van der Waals surface area contributed by atoms with Crippen LogP contribution in [0.3, 0.4) is 0 Å². The van der Waals surface area contributed by atoms with E-state index in [1.807, 2.05) is 43.1 Å². The van der Waals surface area contributed by atoms with E-state index in [1.165, 1.54) is 6.21 Å². The first-order valence-corrected chi connectivity index (χ1v) is 8.33. The number of hydrogen-bond donors (Lipinski definition) is 3. The van der Waals surface area contributed by atoms with Crippen molar-refractivity contribution in [2.24, 2.45) is 5.10 Å². The summed E-state index contributed by atoms with van der Waals surface area (Å²) < 4.78 is 5.53. The summed E-state index contributed by atoms with van der Waals surface area (Å²) in [5.41, 5.74) is 1.79. The number of hydrogen-bond acceptors (Lipinski definition) is 7. The minimum atomic E-state index is -0.701. The highest BCUT2D eigenvalue weighted by Crippen LogP contribution is 2.12. The van der Waals surface area contributed by atoms with Crippen LogP contribution in [0.2, 0.25) is 0 Å². The Morgan fingerprint density at radius 3 is 2.72 bits per heavy atom. The van der Waals surface area contributed by atoms with Gasteiger partial charge >= 0.3 is 5.69 Å². The number of thioether (sulfide) groups is 1. The Kier molecular flexibility index (Phi) is 6.52. The third kappa shape index (κ3) is 6.26. The number of rotatable bonds is 7. The van der Waals surface area contributed by atoms with Crippen molar-refractivity contribution in [3.05, 3.63) is 50.7 Å². The zero-order valence-electron chi connectivity index (χ0n) is 13.6. The van der Waals surface area contributed by atoms with E-state index in [9.17, 15) is 14.4 Å². The van der Waals surface area contributed by atoms with Crippen LogP contribution in [0.5, 0.6) is 5.75 Å². The van der Waals surface area contributed by atoms with Crippen molar-refractivity contribution in [3.8, 4) is 5.75 Å².